The summed E-state index contributed by atoms with van der Waals surface area (Å²) >= 11 is 0. The van der Waals surface area contributed by atoms with E-state index < -0.39 is 0 Å². The number of rotatable bonds is 3. The third kappa shape index (κ3) is 2.88. The molecule has 0 aliphatic heterocycles. The van der Waals surface area contributed by atoms with Crippen LogP contribution in [0.3, 0.4) is 0 Å². The zero-order chi connectivity index (χ0) is 12.3. The molecule has 1 aromatic rings. The minimum absolute atomic E-state index is 0.814. The molecule has 0 amide bonds. The Labute approximate surface area is 105 Å². The van der Waals surface area contributed by atoms with Gasteiger partial charge in [0.05, 0.1) is 0 Å². The number of hydrogen-bond donors (Lipinski definition) is 0. The maximum Gasteiger partial charge on any atom is -0.0227 e. The van der Waals surface area contributed by atoms with Crippen LogP contribution in [0.5, 0.6) is 0 Å². The molecule has 90 valence electrons. The Bertz CT molecular complexity index is 432. The minimum atomic E-state index is 0.814. The molecule has 0 saturated heterocycles. The lowest BCUT2D eigenvalue weighted by molar-refractivity contribution is 0.689. The van der Waals surface area contributed by atoms with Gasteiger partial charge in [-0.2, -0.15) is 0 Å². The highest BCUT2D eigenvalue weighted by atomic mass is 14.2. The summed E-state index contributed by atoms with van der Waals surface area (Å²) < 4.78 is 0. The predicted octanol–water partition coefficient (Wildman–Crippen LogP) is 5.15. The lowest BCUT2D eigenvalue weighted by Gasteiger charge is -2.07. The van der Waals surface area contributed by atoms with Crippen LogP contribution in [0.25, 0.3) is 12.2 Å². The summed E-state index contributed by atoms with van der Waals surface area (Å²) in [5.41, 5.74) is 5.27. The number of aryl methyl sites for hydroxylation is 2. The summed E-state index contributed by atoms with van der Waals surface area (Å²) in [5.74, 6) is 0.814. The maximum absolute atomic E-state index is 3.85. The standard InChI is InChI=1S/C17H22/c1-4-16-11-14(3)17(12-13(16)2)10-9-15-7-5-6-8-15/h4,9-12,15H,1,5-8H2,2-3H3/b10-9+. The quantitative estimate of drug-likeness (QED) is 0.668. The summed E-state index contributed by atoms with van der Waals surface area (Å²) in [6.07, 6.45) is 12.2. The maximum atomic E-state index is 3.85. The fourth-order valence-corrected chi connectivity index (χ4v) is 2.65. The van der Waals surface area contributed by atoms with Crippen LogP contribution >= 0.6 is 0 Å². The molecule has 0 heterocycles. The number of benzene rings is 1. The van der Waals surface area contributed by atoms with E-state index in [-0.39, 0.29) is 0 Å². The van der Waals surface area contributed by atoms with E-state index in [0.717, 1.165) is 5.92 Å². The van der Waals surface area contributed by atoms with Crippen molar-refractivity contribution in [3.63, 3.8) is 0 Å². The SMILES string of the molecule is C=Cc1cc(C)c(/C=C/C2CCCC2)cc1C. The molecular formula is C17H22. The smallest absolute Gasteiger partial charge is 0.0227 e. The first-order valence-corrected chi connectivity index (χ1v) is 6.62. The van der Waals surface area contributed by atoms with E-state index in [1.165, 1.54) is 47.9 Å². The normalized spacial score (nSPS) is 16.8. The van der Waals surface area contributed by atoms with Crippen molar-refractivity contribution >= 4 is 12.2 Å². The van der Waals surface area contributed by atoms with Crippen molar-refractivity contribution in [1.82, 2.24) is 0 Å². The van der Waals surface area contributed by atoms with Crippen molar-refractivity contribution in [1.29, 1.82) is 0 Å². The van der Waals surface area contributed by atoms with E-state index in [4.69, 9.17) is 0 Å². The van der Waals surface area contributed by atoms with Gasteiger partial charge in [-0.25, -0.2) is 0 Å². The van der Waals surface area contributed by atoms with Gasteiger partial charge in [0.25, 0.3) is 0 Å². The molecule has 1 aromatic carbocycles. The van der Waals surface area contributed by atoms with Crippen LogP contribution in [-0.2, 0) is 0 Å². The highest BCUT2D eigenvalue weighted by molar-refractivity contribution is 5.61. The van der Waals surface area contributed by atoms with Crippen LogP contribution in [0.15, 0.2) is 24.8 Å². The van der Waals surface area contributed by atoms with Gasteiger partial charge in [-0.05, 0) is 54.9 Å². The first-order valence-electron chi connectivity index (χ1n) is 6.62. The topological polar surface area (TPSA) is 0 Å². The zero-order valence-corrected chi connectivity index (χ0v) is 11.0. The van der Waals surface area contributed by atoms with Crippen molar-refractivity contribution in [3.8, 4) is 0 Å². The Balaban J connectivity index is 2.20. The molecule has 0 bridgehead atoms. The highest BCUT2D eigenvalue weighted by Crippen LogP contribution is 2.27. The molecule has 0 N–H and O–H groups in total. The van der Waals surface area contributed by atoms with Crippen LogP contribution in [0.2, 0.25) is 0 Å². The molecule has 2 rings (SSSR count). The number of allylic oxidation sites excluding steroid dienone is 1. The molecule has 1 fully saturated rings. The van der Waals surface area contributed by atoms with E-state index in [1.807, 2.05) is 6.08 Å². The van der Waals surface area contributed by atoms with Gasteiger partial charge < -0.3 is 0 Å². The Morgan fingerprint density at radius 1 is 1.06 bits per heavy atom. The van der Waals surface area contributed by atoms with Gasteiger partial charge in [-0.15, -0.1) is 0 Å². The van der Waals surface area contributed by atoms with Gasteiger partial charge in [-0.1, -0.05) is 49.8 Å². The zero-order valence-electron chi connectivity index (χ0n) is 11.0. The summed E-state index contributed by atoms with van der Waals surface area (Å²) in [4.78, 5) is 0. The molecule has 0 nitrogen and oxygen atoms in total. The van der Waals surface area contributed by atoms with Gasteiger partial charge in [0.15, 0.2) is 0 Å². The van der Waals surface area contributed by atoms with Crippen LogP contribution < -0.4 is 0 Å². The average Bonchev–Trinajstić information content (AvgIpc) is 2.82. The summed E-state index contributed by atoms with van der Waals surface area (Å²) in [7, 11) is 0. The fraction of sp³-hybridized carbons (Fsp3) is 0.412. The van der Waals surface area contributed by atoms with Gasteiger partial charge in [0, 0.05) is 0 Å². The molecule has 1 saturated carbocycles. The second kappa shape index (κ2) is 5.35. The second-order valence-corrected chi connectivity index (χ2v) is 5.17. The highest BCUT2D eigenvalue weighted by Gasteiger charge is 2.11. The molecule has 0 spiro atoms. The number of hydrogen-bond acceptors (Lipinski definition) is 0. The third-order valence-electron chi connectivity index (χ3n) is 3.82. The molecule has 1 aliphatic rings. The average molecular weight is 226 g/mol. The molecule has 1 aliphatic carbocycles. The minimum Gasteiger partial charge on any atom is -0.0985 e. The first-order chi connectivity index (χ1) is 8.20. The predicted molar refractivity (Wildman–Crippen MR) is 77.0 cm³/mol. The summed E-state index contributed by atoms with van der Waals surface area (Å²) in [6.45, 7) is 8.19. The van der Waals surface area contributed by atoms with Crippen molar-refractivity contribution in [2.24, 2.45) is 5.92 Å². The molecular weight excluding hydrogens is 204 g/mol. The van der Waals surface area contributed by atoms with Crippen LogP contribution in [-0.4, -0.2) is 0 Å². The Morgan fingerprint density at radius 2 is 1.65 bits per heavy atom. The molecule has 0 radical (unpaired) electrons. The monoisotopic (exact) mass is 226 g/mol. The molecule has 0 unspecified atom stereocenters. The van der Waals surface area contributed by atoms with E-state index in [2.05, 4.69) is 44.7 Å². The molecule has 17 heavy (non-hydrogen) atoms. The van der Waals surface area contributed by atoms with Crippen molar-refractivity contribution < 1.29 is 0 Å². The fourth-order valence-electron chi connectivity index (χ4n) is 2.65. The van der Waals surface area contributed by atoms with E-state index >= 15 is 0 Å². The molecule has 0 aromatic heterocycles. The lowest BCUT2D eigenvalue weighted by Crippen LogP contribution is -1.89. The third-order valence-corrected chi connectivity index (χ3v) is 3.82. The molecule has 0 atom stereocenters. The van der Waals surface area contributed by atoms with Crippen molar-refractivity contribution in [2.75, 3.05) is 0 Å². The van der Waals surface area contributed by atoms with E-state index in [9.17, 15) is 0 Å². The van der Waals surface area contributed by atoms with E-state index in [0.29, 0.717) is 0 Å². The van der Waals surface area contributed by atoms with Gasteiger partial charge in [-0.3, -0.25) is 0 Å². The van der Waals surface area contributed by atoms with Crippen LogP contribution in [0.1, 0.15) is 47.9 Å². The van der Waals surface area contributed by atoms with Gasteiger partial charge in [0.2, 0.25) is 0 Å². The summed E-state index contributed by atoms with van der Waals surface area (Å²) in [5, 5.41) is 0. The summed E-state index contributed by atoms with van der Waals surface area (Å²) in [6, 6.07) is 4.51. The Hall–Kier alpha value is -1.30. The van der Waals surface area contributed by atoms with Gasteiger partial charge >= 0.3 is 0 Å². The van der Waals surface area contributed by atoms with E-state index in [1.54, 1.807) is 0 Å². The van der Waals surface area contributed by atoms with Crippen molar-refractivity contribution in [3.05, 3.63) is 47.0 Å². The lowest BCUT2D eigenvalue weighted by atomic mass is 9.98. The first kappa shape index (κ1) is 12.2. The second-order valence-electron chi connectivity index (χ2n) is 5.17. The Morgan fingerprint density at radius 3 is 2.29 bits per heavy atom. The molecule has 0 heteroatoms. The van der Waals surface area contributed by atoms with Crippen molar-refractivity contribution in [2.45, 2.75) is 39.5 Å². The van der Waals surface area contributed by atoms with Crippen LogP contribution in [0, 0.1) is 19.8 Å². The Kier molecular flexibility index (Phi) is 3.83. The van der Waals surface area contributed by atoms with Gasteiger partial charge in [0.1, 0.15) is 0 Å². The largest absolute Gasteiger partial charge is 0.0985 e. The van der Waals surface area contributed by atoms with Crippen LogP contribution in [0.4, 0.5) is 0 Å².